The molecule has 0 aliphatic rings. The Hall–Kier alpha value is -2.70. The number of hydrogen-bond donors (Lipinski definition) is 2. The van der Waals surface area contributed by atoms with Crippen LogP contribution in [0.3, 0.4) is 0 Å². The van der Waals surface area contributed by atoms with Gasteiger partial charge in [0.25, 0.3) is 16.0 Å². The van der Waals surface area contributed by atoms with Gasteiger partial charge in [-0.1, -0.05) is 59.3 Å². The SMILES string of the molecule is CCOc1cccc(Cl)c1NC(=O)c1cc2ccccc2c(N=Nc2cc(Cl)c(S(=O)(=O)O)cc2C)c1[O-].[Na+]. The minimum atomic E-state index is -4.54. The summed E-state index contributed by atoms with van der Waals surface area (Å²) in [6, 6.07) is 15.5. The van der Waals surface area contributed by atoms with Gasteiger partial charge in [0.1, 0.15) is 16.3 Å². The summed E-state index contributed by atoms with van der Waals surface area (Å²) in [5, 5.41) is 25.3. The summed E-state index contributed by atoms with van der Waals surface area (Å²) in [6.07, 6.45) is 0. The number of anilines is 1. The monoisotopic (exact) mass is 595 g/mol. The molecule has 0 aromatic heterocycles. The van der Waals surface area contributed by atoms with Gasteiger partial charge in [0, 0.05) is 10.9 Å². The third-order valence-electron chi connectivity index (χ3n) is 5.52. The van der Waals surface area contributed by atoms with E-state index in [2.05, 4.69) is 15.5 Å². The second-order valence-electron chi connectivity index (χ2n) is 8.07. The van der Waals surface area contributed by atoms with Gasteiger partial charge in [-0.05, 0) is 55.1 Å². The van der Waals surface area contributed by atoms with Gasteiger partial charge in [0.15, 0.2) is 0 Å². The molecule has 4 aromatic carbocycles. The van der Waals surface area contributed by atoms with E-state index >= 15 is 0 Å². The molecule has 4 aromatic rings. The van der Waals surface area contributed by atoms with Crippen LogP contribution in [0, 0.1) is 6.92 Å². The number of amides is 1. The normalized spacial score (nSPS) is 11.4. The van der Waals surface area contributed by atoms with Crippen LogP contribution in [-0.4, -0.2) is 25.5 Å². The molecule has 196 valence electrons. The van der Waals surface area contributed by atoms with Gasteiger partial charge in [-0.3, -0.25) is 9.35 Å². The maximum atomic E-state index is 13.5. The van der Waals surface area contributed by atoms with Crippen LogP contribution in [-0.2, 0) is 10.1 Å². The van der Waals surface area contributed by atoms with E-state index in [0.717, 1.165) is 6.07 Å². The Morgan fingerprint density at radius 2 is 1.77 bits per heavy atom. The summed E-state index contributed by atoms with van der Waals surface area (Å²) in [6.45, 7) is 3.66. The molecule has 9 nitrogen and oxygen atoms in total. The summed E-state index contributed by atoms with van der Waals surface area (Å²) in [7, 11) is -4.54. The van der Waals surface area contributed by atoms with Crippen LogP contribution in [0.1, 0.15) is 22.8 Å². The third kappa shape index (κ3) is 6.72. The number of fused-ring (bicyclic) bond motifs is 1. The largest absolute Gasteiger partial charge is 1.00 e. The number of carbonyl (C=O) groups excluding carboxylic acids is 1. The van der Waals surface area contributed by atoms with Crippen molar-refractivity contribution in [1.29, 1.82) is 0 Å². The molecule has 2 N–H and O–H groups in total. The van der Waals surface area contributed by atoms with Gasteiger partial charge in [0.05, 0.1) is 28.0 Å². The molecule has 0 unspecified atom stereocenters. The molecule has 0 atom stereocenters. The van der Waals surface area contributed by atoms with Crippen molar-refractivity contribution in [2.45, 2.75) is 18.7 Å². The van der Waals surface area contributed by atoms with Crippen LogP contribution in [0.4, 0.5) is 17.1 Å². The Bertz CT molecular complexity index is 1710. The average Bonchev–Trinajstić information content (AvgIpc) is 2.86. The number of azo groups is 1. The fourth-order valence-corrected chi connectivity index (χ4v) is 5.01. The maximum absolute atomic E-state index is 13.5. The second-order valence-corrected chi connectivity index (χ2v) is 10.3. The van der Waals surface area contributed by atoms with E-state index in [0.29, 0.717) is 28.7 Å². The summed E-state index contributed by atoms with van der Waals surface area (Å²) in [5.74, 6) is -1.06. The van der Waals surface area contributed by atoms with Crippen LogP contribution in [0.5, 0.6) is 11.5 Å². The first kappa shape index (κ1) is 30.8. The van der Waals surface area contributed by atoms with E-state index in [4.69, 9.17) is 27.9 Å². The van der Waals surface area contributed by atoms with Crippen molar-refractivity contribution in [3.8, 4) is 11.5 Å². The Labute approximate surface area is 256 Å². The van der Waals surface area contributed by atoms with Crippen molar-refractivity contribution in [3.63, 3.8) is 0 Å². The van der Waals surface area contributed by atoms with Crippen molar-refractivity contribution in [1.82, 2.24) is 0 Å². The molecule has 0 saturated carbocycles. The number of ether oxygens (including phenoxy) is 1. The molecule has 0 heterocycles. The Kier molecular flexibility index (Phi) is 10.0. The van der Waals surface area contributed by atoms with Gasteiger partial charge in [0.2, 0.25) is 0 Å². The molecular formula is C26H20Cl2N3NaO6S. The minimum absolute atomic E-state index is 0. The van der Waals surface area contributed by atoms with Gasteiger partial charge in [-0.2, -0.15) is 18.6 Å². The average molecular weight is 596 g/mol. The molecule has 1 amide bonds. The number of benzene rings is 4. The Morgan fingerprint density at radius 3 is 2.46 bits per heavy atom. The van der Waals surface area contributed by atoms with Crippen molar-refractivity contribution < 1.29 is 57.2 Å². The summed E-state index contributed by atoms with van der Waals surface area (Å²) in [5.41, 5.74) is 0.418. The smallest absolute Gasteiger partial charge is 0.870 e. The van der Waals surface area contributed by atoms with Crippen molar-refractivity contribution in [2.24, 2.45) is 10.2 Å². The third-order valence-corrected chi connectivity index (χ3v) is 7.15. The zero-order chi connectivity index (χ0) is 27.6. The van der Waals surface area contributed by atoms with Crippen molar-refractivity contribution in [3.05, 3.63) is 81.8 Å². The van der Waals surface area contributed by atoms with E-state index in [-0.39, 0.29) is 62.2 Å². The van der Waals surface area contributed by atoms with Crippen molar-refractivity contribution >= 4 is 67.1 Å². The number of para-hydroxylation sites is 1. The minimum Gasteiger partial charge on any atom is -0.870 e. The number of hydrogen-bond acceptors (Lipinski definition) is 7. The molecule has 4 rings (SSSR count). The first-order chi connectivity index (χ1) is 18.0. The van der Waals surface area contributed by atoms with Gasteiger partial charge in [-0.15, -0.1) is 0 Å². The molecule has 13 heteroatoms. The van der Waals surface area contributed by atoms with E-state index in [1.54, 1.807) is 56.3 Å². The molecule has 0 bridgehead atoms. The molecule has 0 aliphatic carbocycles. The first-order valence-electron chi connectivity index (χ1n) is 11.2. The summed E-state index contributed by atoms with van der Waals surface area (Å²) in [4.78, 5) is 12.8. The quantitative estimate of drug-likeness (QED) is 0.189. The number of carbonyl (C=O) groups is 1. The topological polar surface area (TPSA) is 140 Å². The van der Waals surface area contributed by atoms with Crippen LogP contribution in [0.15, 0.2) is 75.8 Å². The number of nitrogens with zero attached hydrogens (tertiary/aromatic N) is 2. The van der Waals surface area contributed by atoms with E-state index < -0.39 is 26.7 Å². The van der Waals surface area contributed by atoms with E-state index in [1.807, 2.05) is 0 Å². The molecular weight excluding hydrogens is 576 g/mol. The zero-order valence-electron chi connectivity index (χ0n) is 21.0. The van der Waals surface area contributed by atoms with E-state index in [1.165, 1.54) is 12.1 Å². The van der Waals surface area contributed by atoms with Crippen LogP contribution >= 0.6 is 23.2 Å². The Morgan fingerprint density at radius 1 is 1.05 bits per heavy atom. The van der Waals surface area contributed by atoms with Crippen LogP contribution in [0.2, 0.25) is 10.0 Å². The predicted molar refractivity (Wildman–Crippen MR) is 144 cm³/mol. The molecule has 0 saturated heterocycles. The molecule has 0 fully saturated rings. The molecule has 0 aliphatic heterocycles. The van der Waals surface area contributed by atoms with Gasteiger partial charge in [-0.25, -0.2) is 0 Å². The summed E-state index contributed by atoms with van der Waals surface area (Å²) >= 11 is 12.3. The number of nitrogens with one attached hydrogen (secondary N) is 1. The second kappa shape index (κ2) is 12.6. The number of rotatable bonds is 7. The van der Waals surface area contributed by atoms with Crippen LogP contribution < -0.4 is 44.7 Å². The Balaban J connectivity index is 0.00000420. The predicted octanol–water partition coefficient (Wildman–Crippen LogP) is 3.85. The standard InChI is InChI=1S/C26H21Cl2N3O6S.Na/c1-3-37-21-10-6-9-18(27)24(21)29-26(33)17-12-15-7-4-5-8-16(15)23(25(17)32)31-30-20-13-19(28)22(11-14(20)2)38(34,35)36;/h4-13,32H,3H2,1-2H3,(H,29,33)(H,34,35,36);/q;+1/p-1. The van der Waals surface area contributed by atoms with Gasteiger partial charge < -0.3 is 15.2 Å². The zero-order valence-corrected chi connectivity index (χ0v) is 25.4. The molecule has 0 radical (unpaired) electrons. The maximum Gasteiger partial charge on any atom is 1.00 e. The first-order valence-corrected chi connectivity index (χ1v) is 13.4. The van der Waals surface area contributed by atoms with Crippen molar-refractivity contribution in [2.75, 3.05) is 11.9 Å². The molecule has 0 spiro atoms. The van der Waals surface area contributed by atoms with Gasteiger partial charge >= 0.3 is 29.6 Å². The number of aryl methyl sites for hydroxylation is 1. The molecule has 39 heavy (non-hydrogen) atoms. The fraction of sp³-hybridized carbons (Fsp3) is 0.115. The van der Waals surface area contributed by atoms with E-state index in [9.17, 15) is 22.9 Å². The fourth-order valence-electron chi connectivity index (χ4n) is 3.71. The summed E-state index contributed by atoms with van der Waals surface area (Å²) < 4.78 is 37.9. The van der Waals surface area contributed by atoms with Crippen LogP contribution in [0.25, 0.3) is 10.8 Å². The number of halogens is 2.